The number of primary amides is 1. The van der Waals surface area contributed by atoms with E-state index in [0.717, 1.165) is 25.7 Å². The van der Waals surface area contributed by atoms with Gasteiger partial charge >= 0.3 is 5.97 Å². The van der Waals surface area contributed by atoms with E-state index < -0.39 is 23.3 Å². The van der Waals surface area contributed by atoms with E-state index in [2.05, 4.69) is 5.32 Å². The number of carboxylic acids is 1. The molecule has 2 amide bonds. The van der Waals surface area contributed by atoms with Crippen molar-refractivity contribution in [2.24, 2.45) is 11.1 Å². The SMILES string of the molecule is CCC1(C(=O)N[C@@H](CC(N)=O)C(=O)O)CCCC1. The Morgan fingerprint density at radius 1 is 1.33 bits per heavy atom. The first-order valence-electron chi connectivity index (χ1n) is 6.23. The third kappa shape index (κ3) is 3.21. The third-order valence-corrected chi connectivity index (χ3v) is 3.73. The Bertz CT molecular complexity index is 348. The molecule has 0 aromatic rings. The maximum atomic E-state index is 12.2. The van der Waals surface area contributed by atoms with Gasteiger partial charge in [0.05, 0.1) is 6.42 Å². The molecule has 1 fully saturated rings. The number of carbonyl (C=O) groups is 3. The smallest absolute Gasteiger partial charge is 0.326 e. The molecule has 4 N–H and O–H groups in total. The van der Waals surface area contributed by atoms with E-state index in [4.69, 9.17) is 10.8 Å². The molecule has 0 radical (unpaired) electrons. The molecule has 0 saturated heterocycles. The van der Waals surface area contributed by atoms with Crippen molar-refractivity contribution in [1.82, 2.24) is 5.32 Å². The summed E-state index contributed by atoms with van der Waals surface area (Å²) in [4.78, 5) is 33.9. The van der Waals surface area contributed by atoms with Crippen molar-refractivity contribution in [2.75, 3.05) is 0 Å². The fourth-order valence-corrected chi connectivity index (χ4v) is 2.51. The van der Waals surface area contributed by atoms with E-state index >= 15 is 0 Å². The van der Waals surface area contributed by atoms with Crippen LogP contribution in [-0.4, -0.2) is 28.9 Å². The quantitative estimate of drug-likeness (QED) is 0.639. The molecule has 1 aliphatic carbocycles. The van der Waals surface area contributed by atoms with Crippen LogP contribution in [0.5, 0.6) is 0 Å². The molecular formula is C12H20N2O4. The van der Waals surface area contributed by atoms with Crippen molar-refractivity contribution >= 4 is 17.8 Å². The van der Waals surface area contributed by atoms with Crippen molar-refractivity contribution in [3.8, 4) is 0 Å². The molecule has 6 heteroatoms. The molecule has 102 valence electrons. The number of nitrogens with two attached hydrogens (primary N) is 1. The Labute approximate surface area is 106 Å². The Hall–Kier alpha value is -1.59. The van der Waals surface area contributed by atoms with Crippen LogP contribution in [-0.2, 0) is 14.4 Å². The number of aliphatic carboxylic acids is 1. The van der Waals surface area contributed by atoms with Crippen LogP contribution in [0.2, 0.25) is 0 Å². The van der Waals surface area contributed by atoms with Crippen LogP contribution in [0.1, 0.15) is 45.4 Å². The van der Waals surface area contributed by atoms with Gasteiger partial charge < -0.3 is 16.2 Å². The molecule has 0 bridgehead atoms. The summed E-state index contributed by atoms with van der Waals surface area (Å²) in [5.41, 5.74) is 4.51. The first-order valence-corrected chi connectivity index (χ1v) is 6.23. The highest BCUT2D eigenvalue weighted by atomic mass is 16.4. The Morgan fingerprint density at radius 2 is 1.89 bits per heavy atom. The van der Waals surface area contributed by atoms with Gasteiger partial charge in [-0.25, -0.2) is 4.79 Å². The van der Waals surface area contributed by atoms with Crippen molar-refractivity contribution in [1.29, 1.82) is 0 Å². The molecule has 0 heterocycles. The maximum absolute atomic E-state index is 12.2. The third-order valence-electron chi connectivity index (χ3n) is 3.73. The van der Waals surface area contributed by atoms with Gasteiger partial charge in [0.15, 0.2) is 0 Å². The maximum Gasteiger partial charge on any atom is 0.326 e. The minimum atomic E-state index is -1.23. The zero-order valence-corrected chi connectivity index (χ0v) is 10.6. The lowest BCUT2D eigenvalue weighted by Gasteiger charge is -2.27. The summed E-state index contributed by atoms with van der Waals surface area (Å²) < 4.78 is 0. The summed E-state index contributed by atoms with van der Waals surface area (Å²) in [5, 5.41) is 11.4. The van der Waals surface area contributed by atoms with E-state index in [1.165, 1.54) is 0 Å². The minimum Gasteiger partial charge on any atom is -0.480 e. The second kappa shape index (κ2) is 5.84. The van der Waals surface area contributed by atoms with E-state index in [1.54, 1.807) is 0 Å². The van der Waals surface area contributed by atoms with Crippen molar-refractivity contribution in [3.05, 3.63) is 0 Å². The fourth-order valence-electron chi connectivity index (χ4n) is 2.51. The lowest BCUT2D eigenvalue weighted by atomic mass is 9.82. The summed E-state index contributed by atoms with van der Waals surface area (Å²) in [6.07, 6.45) is 3.82. The summed E-state index contributed by atoms with van der Waals surface area (Å²) in [6.45, 7) is 1.93. The van der Waals surface area contributed by atoms with E-state index in [-0.39, 0.29) is 12.3 Å². The van der Waals surface area contributed by atoms with Gasteiger partial charge in [0.25, 0.3) is 0 Å². The standard InChI is InChI=1S/C12H20N2O4/c1-2-12(5-3-4-6-12)11(18)14-8(10(16)17)7-9(13)15/h8H,2-7H2,1H3,(H2,13,15)(H,14,18)(H,16,17)/t8-/m0/s1. The largest absolute Gasteiger partial charge is 0.480 e. The molecule has 0 unspecified atom stereocenters. The molecule has 0 spiro atoms. The van der Waals surface area contributed by atoms with Gasteiger partial charge in [0, 0.05) is 5.41 Å². The predicted molar refractivity (Wildman–Crippen MR) is 64.6 cm³/mol. The van der Waals surface area contributed by atoms with Crippen LogP contribution in [0.15, 0.2) is 0 Å². The van der Waals surface area contributed by atoms with E-state index in [0.29, 0.717) is 6.42 Å². The van der Waals surface area contributed by atoms with Gasteiger partial charge in [-0.15, -0.1) is 0 Å². The number of carboxylic acid groups (broad SMARTS) is 1. The van der Waals surface area contributed by atoms with Gasteiger partial charge in [0.1, 0.15) is 6.04 Å². The normalized spacial score (nSPS) is 19.2. The first kappa shape index (κ1) is 14.5. The average molecular weight is 256 g/mol. The van der Waals surface area contributed by atoms with E-state index in [9.17, 15) is 14.4 Å². The molecule has 0 aliphatic heterocycles. The van der Waals surface area contributed by atoms with Crippen LogP contribution in [0, 0.1) is 5.41 Å². The Morgan fingerprint density at radius 3 is 2.28 bits per heavy atom. The van der Waals surface area contributed by atoms with Crippen LogP contribution < -0.4 is 11.1 Å². The second-order valence-electron chi connectivity index (χ2n) is 4.88. The van der Waals surface area contributed by atoms with Gasteiger partial charge in [-0.1, -0.05) is 19.8 Å². The Balaban J connectivity index is 2.71. The van der Waals surface area contributed by atoms with Crippen molar-refractivity contribution < 1.29 is 19.5 Å². The first-order chi connectivity index (χ1) is 8.41. The molecule has 0 aromatic carbocycles. The minimum absolute atomic E-state index is 0.267. The Kier molecular flexibility index (Phi) is 4.69. The summed E-state index contributed by atoms with van der Waals surface area (Å²) in [6, 6.07) is -1.22. The highest BCUT2D eigenvalue weighted by molar-refractivity contribution is 5.90. The molecule has 1 aliphatic rings. The number of hydrogen-bond acceptors (Lipinski definition) is 3. The number of hydrogen-bond donors (Lipinski definition) is 3. The lowest BCUT2D eigenvalue weighted by Crippen LogP contribution is -2.49. The molecule has 18 heavy (non-hydrogen) atoms. The zero-order chi connectivity index (χ0) is 13.8. The van der Waals surface area contributed by atoms with Crippen LogP contribution in [0.25, 0.3) is 0 Å². The second-order valence-corrected chi connectivity index (χ2v) is 4.88. The summed E-state index contributed by atoms with van der Waals surface area (Å²) in [7, 11) is 0. The highest BCUT2D eigenvalue weighted by Crippen LogP contribution is 2.41. The lowest BCUT2D eigenvalue weighted by molar-refractivity contribution is -0.145. The van der Waals surface area contributed by atoms with E-state index in [1.807, 2.05) is 6.92 Å². The van der Waals surface area contributed by atoms with Crippen molar-refractivity contribution in [3.63, 3.8) is 0 Å². The number of amides is 2. The topological polar surface area (TPSA) is 109 Å². The van der Waals surface area contributed by atoms with Gasteiger partial charge in [-0.2, -0.15) is 0 Å². The zero-order valence-electron chi connectivity index (χ0n) is 10.6. The monoisotopic (exact) mass is 256 g/mol. The number of nitrogens with one attached hydrogen (secondary N) is 1. The average Bonchev–Trinajstić information content (AvgIpc) is 2.77. The molecule has 1 rings (SSSR count). The van der Waals surface area contributed by atoms with Crippen LogP contribution >= 0.6 is 0 Å². The molecule has 1 atom stereocenters. The molecule has 6 nitrogen and oxygen atoms in total. The highest BCUT2D eigenvalue weighted by Gasteiger charge is 2.40. The van der Waals surface area contributed by atoms with Crippen LogP contribution in [0.4, 0.5) is 0 Å². The van der Waals surface area contributed by atoms with Gasteiger partial charge in [0.2, 0.25) is 11.8 Å². The molecule has 0 aromatic heterocycles. The number of rotatable bonds is 6. The summed E-state index contributed by atoms with van der Waals surface area (Å²) in [5.74, 6) is -2.23. The predicted octanol–water partition coefficient (Wildman–Crippen LogP) is 0.402. The number of carbonyl (C=O) groups excluding carboxylic acids is 2. The van der Waals surface area contributed by atoms with Crippen molar-refractivity contribution in [2.45, 2.75) is 51.5 Å². The van der Waals surface area contributed by atoms with Gasteiger partial charge in [-0.05, 0) is 19.3 Å². The molecule has 1 saturated carbocycles. The fraction of sp³-hybridized carbons (Fsp3) is 0.750. The molecular weight excluding hydrogens is 236 g/mol. The summed E-state index contributed by atoms with van der Waals surface area (Å²) >= 11 is 0. The van der Waals surface area contributed by atoms with Gasteiger partial charge in [-0.3, -0.25) is 9.59 Å². The van der Waals surface area contributed by atoms with Crippen LogP contribution in [0.3, 0.4) is 0 Å².